The normalized spacial score (nSPS) is 13.0. The van der Waals surface area contributed by atoms with Crippen molar-refractivity contribution in [3.8, 4) is 0 Å². The summed E-state index contributed by atoms with van der Waals surface area (Å²) in [6.07, 6.45) is 2.69. The maximum absolute atomic E-state index is 12.6. The van der Waals surface area contributed by atoms with Gasteiger partial charge in [-0.1, -0.05) is 36.7 Å². The molecule has 1 N–H and O–H groups in total. The molecule has 0 saturated carbocycles. The Kier molecular flexibility index (Phi) is 7.54. The van der Waals surface area contributed by atoms with Crippen molar-refractivity contribution in [3.05, 3.63) is 58.6 Å². The lowest BCUT2D eigenvalue weighted by Crippen LogP contribution is -2.41. The van der Waals surface area contributed by atoms with Crippen LogP contribution in [0.1, 0.15) is 30.5 Å². The number of rotatable bonds is 8. The van der Waals surface area contributed by atoms with E-state index < -0.39 is 38.4 Å². The highest BCUT2D eigenvalue weighted by Gasteiger charge is 2.23. The van der Waals surface area contributed by atoms with Crippen LogP contribution in [0.3, 0.4) is 0 Å². The van der Waals surface area contributed by atoms with Gasteiger partial charge in [0.1, 0.15) is 6.54 Å². The van der Waals surface area contributed by atoms with E-state index in [1.165, 1.54) is 18.2 Å². The molecule has 0 aromatic heterocycles. The minimum Gasteiger partial charge on any atom is -0.348 e. The molecule has 164 valence electrons. The zero-order valence-electron chi connectivity index (χ0n) is 17.2. The van der Waals surface area contributed by atoms with E-state index in [4.69, 9.17) is 11.6 Å². The van der Waals surface area contributed by atoms with Crippen molar-refractivity contribution in [1.82, 2.24) is 5.32 Å². The molecule has 2 aromatic carbocycles. The van der Waals surface area contributed by atoms with E-state index in [0.717, 1.165) is 27.9 Å². The molecule has 1 amide bonds. The van der Waals surface area contributed by atoms with Crippen molar-refractivity contribution in [1.29, 1.82) is 0 Å². The first-order valence-electron chi connectivity index (χ1n) is 9.16. The van der Waals surface area contributed by atoms with Gasteiger partial charge in [-0.05, 0) is 48.7 Å². The highest BCUT2D eigenvalue weighted by atomic mass is 35.5. The SMILES string of the molecule is CCC(NC(=O)CN(c1ccc(C)c(Cl)c1)S(C)(=O)=O)c1ccc(S(C)(=O)=O)cc1. The molecule has 10 heteroatoms. The second kappa shape index (κ2) is 9.36. The number of nitrogens with zero attached hydrogens (tertiary/aromatic N) is 1. The topological polar surface area (TPSA) is 101 Å². The largest absolute Gasteiger partial charge is 0.348 e. The molecule has 0 spiro atoms. The van der Waals surface area contributed by atoms with Crippen LogP contribution in [0.15, 0.2) is 47.4 Å². The summed E-state index contributed by atoms with van der Waals surface area (Å²) in [6.45, 7) is 3.25. The Morgan fingerprint density at radius 1 is 1.07 bits per heavy atom. The average molecular weight is 473 g/mol. The van der Waals surface area contributed by atoms with Crippen molar-refractivity contribution in [2.45, 2.75) is 31.2 Å². The maximum atomic E-state index is 12.6. The summed E-state index contributed by atoms with van der Waals surface area (Å²) in [5.74, 6) is -0.490. The van der Waals surface area contributed by atoms with Gasteiger partial charge in [0.25, 0.3) is 0 Å². The number of sulfone groups is 1. The zero-order chi connectivity index (χ0) is 22.7. The lowest BCUT2D eigenvalue weighted by Gasteiger charge is -2.24. The van der Waals surface area contributed by atoms with Crippen LogP contribution in [0, 0.1) is 6.92 Å². The molecular weight excluding hydrogens is 448 g/mol. The minimum atomic E-state index is -3.72. The Hall–Kier alpha value is -2.10. The number of benzene rings is 2. The molecule has 0 aliphatic heterocycles. The molecule has 30 heavy (non-hydrogen) atoms. The number of sulfonamides is 1. The monoisotopic (exact) mass is 472 g/mol. The van der Waals surface area contributed by atoms with Crippen LogP contribution in [0.5, 0.6) is 0 Å². The molecule has 0 aliphatic rings. The molecule has 1 unspecified atom stereocenters. The van der Waals surface area contributed by atoms with E-state index in [1.807, 2.05) is 6.92 Å². The molecule has 0 heterocycles. The predicted molar refractivity (Wildman–Crippen MR) is 119 cm³/mol. The fourth-order valence-corrected chi connectivity index (χ4v) is 4.53. The highest BCUT2D eigenvalue weighted by molar-refractivity contribution is 7.92. The number of anilines is 1. The third-order valence-electron chi connectivity index (χ3n) is 4.59. The first kappa shape index (κ1) is 24.2. The minimum absolute atomic E-state index is 0.187. The number of halogens is 1. The van der Waals surface area contributed by atoms with Crippen molar-refractivity contribution in [3.63, 3.8) is 0 Å². The van der Waals surface area contributed by atoms with E-state index >= 15 is 0 Å². The summed E-state index contributed by atoms with van der Waals surface area (Å²) in [4.78, 5) is 12.8. The van der Waals surface area contributed by atoms with Gasteiger partial charge in [0.15, 0.2) is 9.84 Å². The standard InChI is InChI=1S/C20H25ClN2O5S2/c1-5-19(15-7-10-17(11-8-15)29(3,25)26)22-20(24)13-23(30(4,27)28)16-9-6-14(2)18(21)12-16/h6-12,19H,5,13H2,1-4H3,(H,22,24). The van der Waals surface area contributed by atoms with Gasteiger partial charge in [0, 0.05) is 11.3 Å². The fourth-order valence-electron chi connectivity index (χ4n) is 2.88. The molecule has 0 bridgehead atoms. The van der Waals surface area contributed by atoms with Gasteiger partial charge in [0.05, 0.1) is 22.9 Å². The Labute approximate surface area is 183 Å². The van der Waals surface area contributed by atoms with Gasteiger partial charge >= 0.3 is 0 Å². The first-order valence-corrected chi connectivity index (χ1v) is 13.3. The van der Waals surface area contributed by atoms with Crippen LogP contribution >= 0.6 is 11.6 Å². The number of hydrogen-bond donors (Lipinski definition) is 1. The number of hydrogen-bond acceptors (Lipinski definition) is 5. The van der Waals surface area contributed by atoms with E-state index in [2.05, 4.69) is 5.32 Å². The number of carbonyl (C=O) groups is 1. The molecule has 0 fully saturated rings. The third-order valence-corrected chi connectivity index (χ3v) is 7.26. The predicted octanol–water partition coefficient (Wildman–Crippen LogP) is 3.09. The van der Waals surface area contributed by atoms with Crippen molar-refractivity contribution in [2.24, 2.45) is 0 Å². The molecule has 2 rings (SSSR count). The van der Waals surface area contributed by atoms with Gasteiger partial charge in [-0.25, -0.2) is 16.8 Å². The van der Waals surface area contributed by atoms with Crippen molar-refractivity contribution >= 4 is 43.1 Å². The van der Waals surface area contributed by atoms with Gasteiger partial charge in [-0.3, -0.25) is 9.10 Å². The molecule has 0 aliphatic carbocycles. The van der Waals surface area contributed by atoms with Crippen LogP contribution in [0.2, 0.25) is 5.02 Å². The smallest absolute Gasteiger partial charge is 0.241 e. The van der Waals surface area contributed by atoms with Crippen molar-refractivity contribution < 1.29 is 21.6 Å². The fraction of sp³-hybridized carbons (Fsp3) is 0.350. The number of nitrogens with one attached hydrogen (secondary N) is 1. The van der Waals surface area contributed by atoms with Crippen LogP contribution in [-0.2, 0) is 24.7 Å². The van der Waals surface area contributed by atoms with Gasteiger partial charge in [-0.15, -0.1) is 0 Å². The molecule has 1 atom stereocenters. The van der Waals surface area contributed by atoms with Crippen LogP contribution in [0.4, 0.5) is 5.69 Å². The first-order chi connectivity index (χ1) is 13.8. The summed E-state index contributed by atoms with van der Waals surface area (Å²) in [5, 5.41) is 3.21. The van der Waals surface area contributed by atoms with Crippen LogP contribution < -0.4 is 9.62 Å². The molecular formula is C20H25ClN2O5S2. The number of carbonyl (C=O) groups excluding carboxylic acids is 1. The number of amides is 1. The Morgan fingerprint density at radius 3 is 2.13 bits per heavy atom. The zero-order valence-corrected chi connectivity index (χ0v) is 19.6. The van der Waals surface area contributed by atoms with E-state index in [0.29, 0.717) is 17.1 Å². The Balaban J connectivity index is 2.21. The Bertz CT molecular complexity index is 1130. The van der Waals surface area contributed by atoms with Crippen molar-refractivity contribution in [2.75, 3.05) is 23.4 Å². The van der Waals surface area contributed by atoms with E-state index in [-0.39, 0.29) is 4.90 Å². The second-order valence-corrected chi connectivity index (χ2v) is 11.4. The summed E-state index contributed by atoms with van der Waals surface area (Å²) in [6, 6.07) is 10.6. The van der Waals surface area contributed by atoms with E-state index in [9.17, 15) is 21.6 Å². The molecule has 0 radical (unpaired) electrons. The molecule has 7 nitrogen and oxygen atoms in total. The summed E-state index contributed by atoms with van der Waals surface area (Å²) >= 11 is 6.11. The quantitative estimate of drug-likeness (QED) is 0.636. The maximum Gasteiger partial charge on any atom is 0.241 e. The molecule has 0 saturated heterocycles. The molecule has 2 aromatic rings. The third kappa shape index (κ3) is 6.20. The second-order valence-electron chi connectivity index (χ2n) is 7.07. The lowest BCUT2D eigenvalue weighted by molar-refractivity contribution is -0.120. The number of aryl methyl sites for hydroxylation is 1. The van der Waals surface area contributed by atoms with Gasteiger partial charge < -0.3 is 5.32 Å². The van der Waals surface area contributed by atoms with Crippen LogP contribution in [-0.4, -0.2) is 41.8 Å². The van der Waals surface area contributed by atoms with Crippen LogP contribution in [0.25, 0.3) is 0 Å². The van der Waals surface area contributed by atoms with E-state index in [1.54, 1.807) is 31.2 Å². The highest BCUT2D eigenvalue weighted by Crippen LogP contribution is 2.25. The van der Waals surface area contributed by atoms with Gasteiger partial charge in [0.2, 0.25) is 15.9 Å². The Morgan fingerprint density at radius 2 is 1.67 bits per heavy atom. The van der Waals surface area contributed by atoms with Gasteiger partial charge in [-0.2, -0.15) is 0 Å². The summed E-state index contributed by atoms with van der Waals surface area (Å²) in [5.41, 5.74) is 1.82. The lowest BCUT2D eigenvalue weighted by atomic mass is 10.0. The summed E-state index contributed by atoms with van der Waals surface area (Å²) < 4.78 is 48.8. The summed E-state index contributed by atoms with van der Waals surface area (Å²) in [7, 11) is -7.04. The average Bonchev–Trinajstić information content (AvgIpc) is 2.65.